The van der Waals surface area contributed by atoms with Gasteiger partial charge in [-0.1, -0.05) is 36.4 Å². The summed E-state index contributed by atoms with van der Waals surface area (Å²) in [5.74, 6) is -0.929. The number of rotatable bonds is 10. The molecule has 2 fully saturated rings. The van der Waals surface area contributed by atoms with Gasteiger partial charge in [-0.3, -0.25) is 4.79 Å². The molecule has 1 amide bonds. The van der Waals surface area contributed by atoms with Gasteiger partial charge in [-0.15, -0.1) is 6.58 Å². The fourth-order valence-electron chi connectivity index (χ4n) is 4.12. The third-order valence-corrected chi connectivity index (χ3v) is 5.44. The maximum atomic E-state index is 13.3. The fraction of sp³-hybridized carbons (Fsp3) is 0.609. The zero-order valence-corrected chi connectivity index (χ0v) is 18.1. The number of ether oxygens (including phenoxy) is 5. The molecule has 0 aromatic heterocycles. The molecule has 0 radical (unpaired) electrons. The van der Waals surface area contributed by atoms with Gasteiger partial charge in [0.05, 0.1) is 32.0 Å². The Bertz CT molecular complexity index is 709. The summed E-state index contributed by atoms with van der Waals surface area (Å²) in [6.45, 7) is 8.99. The first-order valence-corrected chi connectivity index (χ1v) is 10.4. The number of amides is 1. The molecule has 7 heteroatoms. The molecule has 1 saturated carbocycles. The quantitative estimate of drug-likeness (QED) is 0.464. The molecule has 1 aliphatic heterocycles. The van der Waals surface area contributed by atoms with E-state index in [4.69, 9.17) is 23.7 Å². The van der Waals surface area contributed by atoms with Crippen LogP contribution >= 0.6 is 0 Å². The van der Waals surface area contributed by atoms with E-state index in [2.05, 4.69) is 11.9 Å². The second-order valence-electron chi connectivity index (χ2n) is 8.22. The highest BCUT2D eigenvalue weighted by molar-refractivity contribution is 5.85. The molecule has 1 saturated heterocycles. The van der Waals surface area contributed by atoms with Crippen molar-refractivity contribution in [3.63, 3.8) is 0 Å². The van der Waals surface area contributed by atoms with Crippen molar-refractivity contribution in [2.24, 2.45) is 0 Å². The number of hydrogen-bond acceptors (Lipinski definition) is 6. The van der Waals surface area contributed by atoms with Gasteiger partial charge in [-0.05, 0) is 19.4 Å². The second-order valence-corrected chi connectivity index (χ2v) is 8.22. The van der Waals surface area contributed by atoms with Crippen molar-refractivity contribution < 1.29 is 28.5 Å². The Morgan fingerprint density at radius 2 is 2.03 bits per heavy atom. The van der Waals surface area contributed by atoms with Gasteiger partial charge < -0.3 is 29.0 Å². The van der Waals surface area contributed by atoms with Gasteiger partial charge in [-0.2, -0.15) is 0 Å². The topological polar surface area (TPSA) is 75.3 Å². The normalized spacial score (nSPS) is 29.9. The van der Waals surface area contributed by atoms with Crippen molar-refractivity contribution >= 4 is 5.91 Å². The number of hydrogen-bond donors (Lipinski definition) is 1. The lowest BCUT2D eigenvalue weighted by Crippen LogP contribution is -2.60. The van der Waals surface area contributed by atoms with Gasteiger partial charge >= 0.3 is 0 Å². The van der Waals surface area contributed by atoms with Crippen LogP contribution in [0.4, 0.5) is 0 Å². The lowest BCUT2D eigenvalue weighted by molar-refractivity contribution is -0.180. The number of carbonyl (C=O) groups is 1. The highest BCUT2D eigenvalue weighted by Gasteiger charge is 2.57. The predicted octanol–water partition coefficient (Wildman–Crippen LogP) is 2.59. The second kappa shape index (κ2) is 10.0. The Labute approximate surface area is 178 Å². The fourth-order valence-corrected chi connectivity index (χ4v) is 4.12. The summed E-state index contributed by atoms with van der Waals surface area (Å²) in [7, 11) is 1.60. The summed E-state index contributed by atoms with van der Waals surface area (Å²) >= 11 is 0. The molecule has 0 bridgehead atoms. The van der Waals surface area contributed by atoms with E-state index in [9.17, 15) is 4.79 Å². The molecule has 0 spiro atoms. The van der Waals surface area contributed by atoms with Crippen LogP contribution in [0.3, 0.4) is 0 Å². The van der Waals surface area contributed by atoms with Crippen molar-refractivity contribution in [1.82, 2.24) is 5.32 Å². The summed E-state index contributed by atoms with van der Waals surface area (Å²) in [5.41, 5.74) is -0.100. The Balaban J connectivity index is 1.84. The Kier molecular flexibility index (Phi) is 7.65. The first kappa shape index (κ1) is 22.9. The van der Waals surface area contributed by atoms with Crippen molar-refractivity contribution in [2.75, 3.05) is 26.9 Å². The smallest absolute Gasteiger partial charge is 0.252 e. The minimum Gasteiger partial charge on any atom is -0.383 e. The van der Waals surface area contributed by atoms with Crippen LogP contribution in [0.25, 0.3) is 0 Å². The molecule has 1 N–H and O–H groups in total. The van der Waals surface area contributed by atoms with Gasteiger partial charge in [0.15, 0.2) is 11.4 Å². The third kappa shape index (κ3) is 5.47. The molecule has 1 aromatic rings. The standard InChI is InChI=1S/C23H33NO6/c1-5-12-27-18-14-23(21(25)24-11-13-26-4,28-16-17-9-7-6-8-10-17)15-19-20(18)30-22(2,3)29-19/h5-10,18-20H,1,11-16H2,2-4H3,(H,24,25)/t18?,19-,20+,23-/m1/s1. The minimum atomic E-state index is -1.10. The van der Waals surface area contributed by atoms with Gasteiger partial charge in [-0.25, -0.2) is 0 Å². The zero-order chi connectivity index (χ0) is 21.6. The maximum absolute atomic E-state index is 13.3. The van der Waals surface area contributed by atoms with E-state index in [1.54, 1.807) is 13.2 Å². The number of fused-ring (bicyclic) bond motifs is 1. The molecular formula is C23H33NO6. The minimum absolute atomic E-state index is 0.186. The van der Waals surface area contributed by atoms with Crippen molar-refractivity contribution in [3.8, 4) is 0 Å². The molecule has 1 aliphatic carbocycles. The first-order chi connectivity index (χ1) is 14.4. The van der Waals surface area contributed by atoms with Gasteiger partial charge in [0.1, 0.15) is 6.10 Å². The van der Waals surface area contributed by atoms with E-state index in [-0.39, 0.29) is 24.2 Å². The Morgan fingerprint density at radius 3 is 2.73 bits per heavy atom. The summed E-state index contributed by atoms with van der Waals surface area (Å²) in [5, 5.41) is 2.95. The highest BCUT2D eigenvalue weighted by Crippen LogP contribution is 2.44. The van der Waals surface area contributed by atoms with Crippen LogP contribution < -0.4 is 5.32 Å². The number of methoxy groups -OCH3 is 1. The van der Waals surface area contributed by atoms with Gasteiger partial charge in [0.25, 0.3) is 5.91 Å². The van der Waals surface area contributed by atoms with Crippen molar-refractivity contribution in [3.05, 3.63) is 48.6 Å². The first-order valence-electron chi connectivity index (χ1n) is 10.4. The lowest BCUT2D eigenvalue weighted by Gasteiger charge is -2.43. The van der Waals surface area contributed by atoms with E-state index >= 15 is 0 Å². The van der Waals surface area contributed by atoms with E-state index in [1.165, 1.54) is 0 Å². The molecule has 7 nitrogen and oxygen atoms in total. The zero-order valence-electron chi connectivity index (χ0n) is 18.1. The molecule has 1 heterocycles. The molecule has 3 rings (SSSR count). The monoisotopic (exact) mass is 419 g/mol. The molecule has 30 heavy (non-hydrogen) atoms. The molecule has 4 atom stereocenters. The molecule has 1 unspecified atom stereocenters. The largest absolute Gasteiger partial charge is 0.383 e. The van der Waals surface area contributed by atoms with Crippen LogP contribution in [0.5, 0.6) is 0 Å². The van der Waals surface area contributed by atoms with Crippen molar-refractivity contribution in [1.29, 1.82) is 0 Å². The van der Waals surface area contributed by atoms with Crippen LogP contribution in [0.15, 0.2) is 43.0 Å². The van der Waals surface area contributed by atoms with E-state index in [0.29, 0.717) is 39.2 Å². The van der Waals surface area contributed by atoms with Crippen molar-refractivity contribution in [2.45, 2.75) is 63.0 Å². The Morgan fingerprint density at radius 1 is 1.27 bits per heavy atom. The highest BCUT2D eigenvalue weighted by atomic mass is 16.8. The molecule has 1 aromatic carbocycles. The van der Waals surface area contributed by atoms with Crippen LogP contribution in [0.1, 0.15) is 32.3 Å². The average molecular weight is 420 g/mol. The van der Waals surface area contributed by atoms with Crippen LogP contribution in [-0.4, -0.2) is 62.5 Å². The summed E-state index contributed by atoms with van der Waals surface area (Å²) in [6, 6.07) is 9.81. The third-order valence-electron chi connectivity index (χ3n) is 5.44. The van der Waals surface area contributed by atoms with E-state index in [1.807, 2.05) is 44.2 Å². The Hall–Kier alpha value is -1.77. The SMILES string of the molecule is C=CCOC1C[C@](OCc2ccccc2)(C(=O)NCCOC)C[C@H]2OC(C)(C)O[C@@H]12. The molecule has 166 valence electrons. The molecular weight excluding hydrogens is 386 g/mol. The van der Waals surface area contributed by atoms with E-state index < -0.39 is 11.4 Å². The predicted molar refractivity (Wildman–Crippen MR) is 112 cm³/mol. The van der Waals surface area contributed by atoms with Gasteiger partial charge in [0, 0.05) is 26.5 Å². The molecule has 2 aliphatic rings. The summed E-state index contributed by atoms with van der Waals surface area (Å²) < 4.78 is 29.7. The average Bonchev–Trinajstić information content (AvgIpc) is 3.05. The van der Waals surface area contributed by atoms with Crippen LogP contribution in [0, 0.1) is 0 Å². The number of benzene rings is 1. The number of nitrogens with one attached hydrogen (secondary N) is 1. The number of carbonyl (C=O) groups excluding carboxylic acids is 1. The van der Waals surface area contributed by atoms with E-state index in [0.717, 1.165) is 5.56 Å². The van der Waals surface area contributed by atoms with Gasteiger partial charge in [0.2, 0.25) is 0 Å². The summed E-state index contributed by atoms with van der Waals surface area (Å²) in [4.78, 5) is 13.3. The maximum Gasteiger partial charge on any atom is 0.252 e. The summed E-state index contributed by atoms with van der Waals surface area (Å²) in [6.07, 6.45) is 1.52. The lowest BCUT2D eigenvalue weighted by atomic mass is 9.78. The van der Waals surface area contributed by atoms with Crippen LogP contribution in [-0.2, 0) is 35.1 Å². The van der Waals surface area contributed by atoms with Crippen LogP contribution in [0.2, 0.25) is 0 Å².